The summed E-state index contributed by atoms with van der Waals surface area (Å²) in [6.45, 7) is 0.598. The topological polar surface area (TPSA) is 26.3 Å². The first-order chi connectivity index (χ1) is 6.27. The van der Waals surface area contributed by atoms with Gasteiger partial charge in [-0.05, 0) is 24.1 Å². The highest BCUT2D eigenvalue weighted by Gasteiger charge is 2.15. The number of benzene rings is 1. The Kier molecular flexibility index (Phi) is 2.10. The first-order valence-corrected chi connectivity index (χ1v) is 4.17. The summed E-state index contributed by atoms with van der Waals surface area (Å²) in [7, 11) is 0. The molecule has 0 unspecified atom stereocenters. The number of hydrogen-bond donors (Lipinski definition) is 0. The van der Waals surface area contributed by atoms with Gasteiger partial charge in [0.2, 0.25) is 0 Å². The molecule has 0 radical (unpaired) electrons. The van der Waals surface area contributed by atoms with Gasteiger partial charge in [-0.1, -0.05) is 6.07 Å². The van der Waals surface area contributed by atoms with E-state index in [-0.39, 0.29) is 18.2 Å². The van der Waals surface area contributed by atoms with Crippen LogP contribution in [0.5, 0.6) is 0 Å². The first kappa shape index (κ1) is 8.38. The number of Topliss-reactive ketones (excluding diaryl/α,β-unsaturated/α-hetero) is 1. The first-order valence-electron chi connectivity index (χ1n) is 4.17. The molecule has 0 aromatic heterocycles. The molecule has 1 heterocycles. The number of hydrogen-bond acceptors (Lipinski definition) is 2. The predicted octanol–water partition coefficient (Wildman–Crippen LogP) is 1.58. The quantitative estimate of drug-likeness (QED) is 0.606. The molecule has 0 aliphatic carbocycles. The van der Waals surface area contributed by atoms with Crippen LogP contribution in [-0.4, -0.2) is 19.0 Å². The monoisotopic (exact) mass is 180 g/mol. The van der Waals surface area contributed by atoms with Crippen LogP contribution in [0.15, 0.2) is 18.2 Å². The van der Waals surface area contributed by atoms with Crippen LogP contribution < -0.4 is 0 Å². The van der Waals surface area contributed by atoms with E-state index in [4.69, 9.17) is 4.74 Å². The summed E-state index contributed by atoms with van der Waals surface area (Å²) in [5.41, 5.74) is 1.35. The summed E-state index contributed by atoms with van der Waals surface area (Å²) in [4.78, 5) is 11.4. The number of fused-ring (bicyclic) bond motifs is 1. The second kappa shape index (κ2) is 3.26. The minimum atomic E-state index is -0.367. The Bertz CT molecular complexity index is 347. The summed E-state index contributed by atoms with van der Waals surface area (Å²) < 4.78 is 17.9. The van der Waals surface area contributed by atoms with Crippen LogP contribution in [0.2, 0.25) is 0 Å². The summed E-state index contributed by atoms with van der Waals surface area (Å²) >= 11 is 0. The molecule has 0 saturated heterocycles. The zero-order valence-electron chi connectivity index (χ0n) is 7.05. The van der Waals surface area contributed by atoms with Crippen molar-refractivity contribution in [1.82, 2.24) is 0 Å². The standard InChI is InChI=1S/C10H9FO2/c11-8-2-1-7-3-4-13-6-10(12)9(7)5-8/h1-2,5H,3-4,6H2. The Morgan fingerprint density at radius 3 is 3.08 bits per heavy atom. The van der Waals surface area contributed by atoms with Crippen molar-refractivity contribution in [2.45, 2.75) is 6.42 Å². The third-order valence-corrected chi connectivity index (χ3v) is 2.12. The van der Waals surface area contributed by atoms with Crippen molar-refractivity contribution in [2.75, 3.05) is 13.2 Å². The number of carbonyl (C=O) groups excluding carboxylic acids is 1. The average molecular weight is 180 g/mol. The van der Waals surface area contributed by atoms with Gasteiger partial charge in [0, 0.05) is 5.56 Å². The molecule has 13 heavy (non-hydrogen) atoms. The minimum absolute atomic E-state index is 0.0659. The lowest BCUT2D eigenvalue weighted by Crippen LogP contribution is -2.06. The predicted molar refractivity (Wildman–Crippen MR) is 45.3 cm³/mol. The van der Waals surface area contributed by atoms with Crippen LogP contribution in [0.3, 0.4) is 0 Å². The molecule has 1 aromatic rings. The van der Waals surface area contributed by atoms with Crippen LogP contribution in [0.1, 0.15) is 15.9 Å². The minimum Gasteiger partial charge on any atom is -0.373 e. The summed E-state index contributed by atoms with van der Waals surface area (Å²) in [6.07, 6.45) is 0.682. The molecule has 0 spiro atoms. The maximum absolute atomic E-state index is 12.8. The second-order valence-corrected chi connectivity index (χ2v) is 3.03. The van der Waals surface area contributed by atoms with E-state index in [1.165, 1.54) is 12.1 Å². The Balaban J connectivity index is 2.49. The molecular weight excluding hydrogens is 171 g/mol. The third-order valence-electron chi connectivity index (χ3n) is 2.12. The van der Waals surface area contributed by atoms with Crippen molar-refractivity contribution >= 4 is 5.78 Å². The van der Waals surface area contributed by atoms with Crippen molar-refractivity contribution < 1.29 is 13.9 Å². The fourth-order valence-electron chi connectivity index (χ4n) is 1.45. The van der Waals surface area contributed by atoms with E-state index in [1.807, 2.05) is 0 Å². The average Bonchev–Trinajstić information content (AvgIpc) is 2.29. The maximum Gasteiger partial charge on any atom is 0.188 e. The highest BCUT2D eigenvalue weighted by Crippen LogP contribution is 2.15. The number of carbonyl (C=O) groups is 1. The number of halogens is 1. The van der Waals surface area contributed by atoms with Crippen molar-refractivity contribution in [3.8, 4) is 0 Å². The molecule has 0 saturated carbocycles. The van der Waals surface area contributed by atoms with Gasteiger partial charge < -0.3 is 4.74 Å². The molecule has 0 amide bonds. The van der Waals surface area contributed by atoms with E-state index in [9.17, 15) is 9.18 Å². The van der Waals surface area contributed by atoms with Crippen LogP contribution in [0, 0.1) is 5.82 Å². The van der Waals surface area contributed by atoms with E-state index in [1.54, 1.807) is 6.07 Å². The molecule has 2 rings (SSSR count). The van der Waals surface area contributed by atoms with E-state index in [2.05, 4.69) is 0 Å². The number of ether oxygens (including phenoxy) is 1. The Labute approximate surface area is 75.3 Å². The molecule has 68 valence electrons. The zero-order chi connectivity index (χ0) is 9.26. The summed E-state index contributed by atoms with van der Waals surface area (Å²) in [6, 6.07) is 4.31. The molecule has 1 aliphatic rings. The van der Waals surface area contributed by atoms with Crippen molar-refractivity contribution in [1.29, 1.82) is 0 Å². The molecule has 0 atom stereocenters. The van der Waals surface area contributed by atoms with Gasteiger partial charge in [0.1, 0.15) is 12.4 Å². The normalized spacial score (nSPS) is 16.5. The zero-order valence-corrected chi connectivity index (χ0v) is 7.05. The molecule has 3 heteroatoms. The Morgan fingerprint density at radius 2 is 2.23 bits per heavy atom. The highest BCUT2D eigenvalue weighted by molar-refractivity contribution is 5.98. The van der Waals surface area contributed by atoms with Gasteiger partial charge in [0.25, 0.3) is 0 Å². The fourth-order valence-corrected chi connectivity index (χ4v) is 1.45. The van der Waals surface area contributed by atoms with Crippen LogP contribution >= 0.6 is 0 Å². The SMILES string of the molecule is O=C1COCCc2ccc(F)cc21. The smallest absolute Gasteiger partial charge is 0.188 e. The molecule has 0 fully saturated rings. The Morgan fingerprint density at radius 1 is 1.38 bits per heavy atom. The summed E-state index contributed by atoms with van der Waals surface area (Å²) in [5, 5.41) is 0. The van der Waals surface area contributed by atoms with Crippen molar-refractivity contribution in [2.24, 2.45) is 0 Å². The van der Waals surface area contributed by atoms with Gasteiger partial charge in [-0.2, -0.15) is 0 Å². The van der Waals surface area contributed by atoms with Gasteiger partial charge in [-0.15, -0.1) is 0 Å². The molecule has 1 aliphatic heterocycles. The fraction of sp³-hybridized carbons (Fsp3) is 0.300. The lowest BCUT2D eigenvalue weighted by atomic mass is 10.0. The van der Waals surface area contributed by atoms with Gasteiger partial charge in [-0.3, -0.25) is 4.79 Å². The lowest BCUT2D eigenvalue weighted by Gasteiger charge is -2.01. The van der Waals surface area contributed by atoms with Crippen LogP contribution in [0.25, 0.3) is 0 Å². The molecule has 2 nitrogen and oxygen atoms in total. The van der Waals surface area contributed by atoms with Gasteiger partial charge >= 0.3 is 0 Å². The van der Waals surface area contributed by atoms with Crippen LogP contribution in [0.4, 0.5) is 4.39 Å². The molecular formula is C10H9FO2. The number of ketones is 1. The van der Waals surface area contributed by atoms with E-state index < -0.39 is 0 Å². The van der Waals surface area contributed by atoms with Gasteiger partial charge in [0.15, 0.2) is 5.78 Å². The Hall–Kier alpha value is -1.22. The maximum atomic E-state index is 12.8. The third kappa shape index (κ3) is 1.60. The second-order valence-electron chi connectivity index (χ2n) is 3.03. The highest BCUT2D eigenvalue weighted by atomic mass is 19.1. The van der Waals surface area contributed by atoms with Crippen molar-refractivity contribution in [3.05, 3.63) is 35.1 Å². The van der Waals surface area contributed by atoms with E-state index in [0.29, 0.717) is 18.6 Å². The lowest BCUT2D eigenvalue weighted by molar-refractivity contribution is 0.0788. The summed E-state index contributed by atoms with van der Waals surface area (Å²) in [5.74, 6) is -0.499. The molecule has 0 N–H and O–H groups in total. The largest absolute Gasteiger partial charge is 0.373 e. The van der Waals surface area contributed by atoms with E-state index >= 15 is 0 Å². The van der Waals surface area contributed by atoms with Gasteiger partial charge in [-0.25, -0.2) is 4.39 Å². The number of rotatable bonds is 0. The van der Waals surface area contributed by atoms with Gasteiger partial charge in [0.05, 0.1) is 6.61 Å². The van der Waals surface area contributed by atoms with Crippen LogP contribution in [-0.2, 0) is 11.2 Å². The van der Waals surface area contributed by atoms with E-state index in [0.717, 1.165) is 5.56 Å². The molecule has 1 aromatic carbocycles. The molecule has 0 bridgehead atoms. The van der Waals surface area contributed by atoms with Crippen molar-refractivity contribution in [3.63, 3.8) is 0 Å².